The molecule has 5 rings (SSSR count). The molecule has 0 saturated heterocycles. The molecule has 172 valence electrons. The second-order valence-corrected chi connectivity index (χ2v) is 10.3. The lowest BCUT2D eigenvalue weighted by molar-refractivity contribution is -0.137. The highest BCUT2D eigenvalue weighted by Gasteiger charge is 2.31. The van der Waals surface area contributed by atoms with Crippen LogP contribution in [0.4, 0.5) is 13.2 Å². The van der Waals surface area contributed by atoms with Crippen LogP contribution in [0.25, 0.3) is 38.9 Å². The summed E-state index contributed by atoms with van der Waals surface area (Å²) in [5.41, 5.74) is 3.48. The lowest BCUT2D eigenvalue weighted by atomic mass is 9.82. The third kappa shape index (κ3) is 3.90. The van der Waals surface area contributed by atoms with Gasteiger partial charge < -0.3 is 0 Å². The van der Waals surface area contributed by atoms with Crippen LogP contribution in [0.15, 0.2) is 83.3 Å². The van der Waals surface area contributed by atoms with Crippen molar-refractivity contribution in [2.24, 2.45) is 0 Å². The Bertz CT molecular complexity index is 1540. The van der Waals surface area contributed by atoms with Gasteiger partial charge in [0.2, 0.25) is 0 Å². The molecule has 0 saturated carbocycles. The van der Waals surface area contributed by atoms with Gasteiger partial charge in [-0.1, -0.05) is 57.2 Å². The summed E-state index contributed by atoms with van der Waals surface area (Å²) in [4.78, 5) is 4.92. The molecule has 0 amide bonds. The lowest BCUT2D eigenvalue weighted by Crippen LogP contribution is -2.12. The van der Waals surface area contributed by atoms with Crippen molar-refractivity contribution in [2.75, 3.05) is 0 Å². The molecule has 4 aromatic carbocycles. The number of halogens is 4. The van der Waals surface area contributed by atoms with Crippen LogP contribution in [0.1, 0.15) is 31.9 Å². The number of hydrogen-bond donors (Lipinski definition) is 0. The van der Waals surface area contributed by atoms with E-state index in [1.54, 1.807) is 0 Å². The number of aromatic nitrogens is 2. The van der Waals surface area contributed by atoms with Crippen molar-refractivity contribution >= 4 is 37.7 Å². The van der Waals surface area contributed by atoms with Gasteiger partial charge in [-0.15, -0.1) is 0 Å². The maximum absolute atomic E-state index is 13.3. The van der Waals surface area contributed by atoms with E-state index >= 15 is 0 Å². The summed E-state index contributed by atoms with van der Waals surface area (Å²) in [5, 5.41) is 2.27. The first kappa shape index (κ1) is 22.7. The van der Waals surface area contributed by atoms with Gasteiger partial charge in [0.25, 0.3) is 0 Å². The molecule has 0 atom stereocenters. The number of imidazole rings is 1. The standard InChI is InChI=1S/C28H22BrF3N2/c1-27(2,3)21-15-18(14-17-8-4-5-9-20(17)21)26-33-23-10-6-7-11-25(23)34(26)24-13-12-19(16-22(24)29)28(30,31)32/h4-16H,1-3H3. The number of fused-ring (bicyclic) bond motifs is 2. The van der Waals surface area contributed by atoms with Crippen LogP contribution >= 0.6 is 15.9 Å². The van der Waals surface area contributed by atoms with Gasteiger partial charge in [0, 0.05) is 10.0 Å². The van der Waals surface area contributed by atoms with Gasteiger partial charge in [0.05, 0.1) is 22.3 Å². The van der Waals surface area contributed by atoms with Crippen LogP contribution in [0, 0.1) is 0 Å². The fourth-order valence-electron chi connectivity index (χ4n) is 4.39. The Morgan fingerprint density at radius 1 is 0.824 bits per heavy atom. The number of nitrogens with zero attached hydrogens (tertiary/aromatic N) is 2. The van der Waals surface area contributed by atoms with Crippen molar-refractivity contribution in [1.29, 1.82) is 0 Å². The Hall–Kier alpha value is -3.12. The second-order valence-electron chi connectivity index (χ2n) is 9.42. The van der Waals surface area contributed by atoms with E-state index in [1.165, 1.54) is 17.0 Å². The summed E-state index contributed by atoms with van der Waals surface area (Å²) in [5.74, 6) is 0.679. The molecule has 0 N–H and O–H groups in total. The maximum atomic E-state index is 13.3. The third-order valence-electron chi connectivity index (χ3n) is 6.00. The van der Waals surface area contributed by atoms with Crippen molar-refractivity contribution in [2.45, 2.75) is 32.4 Å². The number of alkyl halides is 3. The zero-order chi connectivity index (χ0) is 24.3. The Labute approximate surface area is 204 Å². The topological polar surface area (TPSA) is 17.8 Å². The molecule has 2 nitrogen and oxygen atoms in total. The fourth-order valence-corrected chi connectivity index (χ4v) is 4.94. The molecular weight excluding hydrogens is 501 g/mol. The van der Waals surface area contributed by atoms with Crippen LogP contribution < -0.4 is 0 Å². The number of para-hydroxylation sites is 2. The van der Waals surface area contributed by atoms with Crippen LogP contribution in [0.2, 0.25) is 0 Å². The lowest BCUT2D eigenvalue weighted by Gasteiger charge is -2.23. The highest BCUT2D eigenvalue weighted by molar-refractivity contribution is 9.10. The smallest absolute Gasteiger partial charge is 0.291 e. The minimum Gasteiger partial charge on any atom is -0.291 e. The molecule has 0 aliphatic rings. The van der Waals surface area contributed by atoms with Crippen LogP contribution in [-0.4, -0.2) is 9.55 Å². The SMILES string of the molecule is CC(C)(C)c1cc(-c2nc3ccccc3n2-c2ccc(C(F)(F)F)cc2Br)cc2ccccc12. The molecule has 0 spiro atoms. The molecule has 0 unspecified atom stereocenters. The minimum atomic E-state index is -4.42. The summed E-state index contributed by atoms with van der Waals surface area (Å²) < 4.78 is 42.2. The minimum absolute atomic E-state index is 0.110. The van der Waals surface area contributed by atoms with E-state index in [2.05, 4.69) is 61.0 Å². The third-order valence-corrected chi connectivity index (χ3v) is 6.64. The predicted molar refractivity (Wildman–Crippen MR) is 135 cm³/mol. The molecule has 0 bridgehead atoms. The molecule has 1 aromatic heterocycles. The van der Waals surface area contributed by atoms with Gasteiger partial charge in [-0.25, -0.2) is 4.98 Å². The van der Waals surface area contributed by atoms with Gasteiger partial charge in [0.1, 0.15) is 5.82 Å². The maximum Gasteiger partial charge on any atom is 0.416 e. The number of benzene rings is 4. The fraction of sp³-hybridized carbons (Fsp3) is 0.179. The molecule has 0 aliphatic carbocycles. The molecule has 1 heterocycles. The monoisotopic (exact) mass is 522 g/mol. The Morgan fingerprint density at radius 2 is 1.53 bits per heavy atom. The van der Waals surface area contributed by atoms with Crippen molar-refractivity contribution < 1.29 is 13.2 Å². The van der Waals surface area contributed by atoms with E-state index in [9.17, 15) is 13.2 Å². The van der Waals surface area contributed by atoms with E-state index in [0.717, 1.165) is 34.1 Å². The first-order valence-electron chi connectivity index (χ1n) is 10.9. The van der Waals surface area contributed by atoms with E-state index in [1.807, 2.05) is 41.0 Å². The van der Waals surface area contributed by atoms with Crippen molar-refractivity contribution in [1.82, 2.24) is 9.55 Å². The molecule has 0 radical (unpaired) electrons. The summed E-state index contributed by atoms with van der Waals surface area (Å²) in [6.45, 7) is 6.52. The summed E-state index contributed by atoms with van der Waals surface area (Å²) in [7, 11) is 0. The molecular formula is C28H22BrF3N2. The quantitative estimate of drug-likeness (QED) is 0.226. The van der Waals surface area contributed by atoms with Gasteiger partial charge in [-0.2, -0.15) is 13.2 Å². The Kier molecular flexibility index (Phi) is 5.32. The van der Waals surface area contributed by atoms with Gasteiger partial charge in [-0.05, 0) is 80.1 Å². The zero-order valence-electron chi connectivity index (χ0n) is 18.9. The van der Waals surface area contributed by atoms with E-state index in [0.29, 0.717) is 16.0 Å². The number of hydrogen-bond acceptors (Lipinski definition) is 1. The van der Waals surface area contributed by atoms with Crippen molar-refractivity contribution in [3.63, 3.8) is 0 Å². The van der Waals surface area contributed by atoms with Crippen LogP contribution in [0.5, 0.6) is 0 Å². The predicted octanol–water partition coefficient (Wildman–Crippen LogP) is 8.92. The van der Waals surface area contributed by atoms with Crippen molar-refractivity contribution in [3.8, 4) is 17.1 Å². The van der Waals surface area contributed by atoms with E-state index in [4.69, 9.17) is 4.98 Å². The molecule has 0 aliphatic heterocycles. The van der Waals surface area contributed by atoms with Gasteiger partial charge in [0.15, 0.2) is 0 Å². The summed E-state index contributed by atoms with van der Waals surface area (Å²) >= 11 is 3.39. The Balaban J connectivity index is 1.83. The van der Waals surface area contributed by atoms with Gasteiger partial charge >= 0.3 is 6.18 Å². The molecule has 0 fully saturated rings. The zero-order valence-corrected chi connectivity index (χ0v) is 20.5. The first-order valence-corrected chi connectivity index (χ1v) is 11.7. The highest BCUT2D eigenvalue weighted by Crippen LogP contribution is 2.39. The van der Waals surface area contributed by atoms with E-state index in [-0.39, 0.29) is 5.41 Å². The average molecular weight is 523 g/mol. The van der Waals surface area contributed by atoms with Gasteiger partial charge in [-0.3, -0.25) is 4.57 Å². The van der Waals surface area contributed by atoms with Crippen molar-refractivity contribution in [3.05, 3.63) is 94.5 Å². The Morgan fingerprint density at radius 3 is 2.24 bits per heavy atom. The molecule has 34 heavy (non-hydrogen) atoms. The summed E-state index contributed by atoms with van der Waals surface area (Å²) in [6.07, 6.45) is -4.42. The first-order chi connectivity index (χ1) is 16.0. The highest BCUT2D eigenvalue weighted by atomic mass is 79.9. The average Bonchev–Trinajstić information content (AvgIpc) is 3.16. The normalized spacial score (nSPS) is 12.6. The molecule has 6 heteroatoms. The van der Waals surface area contributed by atoms with E-state index < -0.39 is 11.7 Å². The van der Waals surface area contributed by atoms with Crippen LogP contribution in [0.3, 0.4) is 0 Å². The number of rotatable bonds is 2. The summed E-state index contributed by atoms with van der Waals surface area (Å²) in [6, 6.07) is 23.9. The largest absolute Gasteiger partial charge is 0.416 e. The second kappa shape index (κ2) is 7.98. The molecule has 5 aromatic rings. The van der Waals surface area contributed by atoms with Crippen LogP contribution in [-0.2, 0) is 11.6 Å².